The number of amides is 3. The number of aromatic hydroxyl groups is 1. The van der Waals surface area contributed by atoms with E-state index >= 15 is 0 Å². The van der Waals surface area contributed by atoms with Gasteiger partial charge in [0.15, 0.2) is 6.10 Å². The fraction of sp³-hybridized carbons (Fsp3) is 0.308. The number of aryl methyl sites for hydroxylation is 1. The van der Waals surface area contributed by atoms with Crippen LogP contribution < -0.4 is 10.6 Å². The summed E-state index contributed by atoms with van der Waals surface area (Å²) in [6, 6.07) is 3.74. The normalized spacial score (nSPS) is 11.3. The zero-order valence-electron chi connectivity index (χ0n) is 11.4. The van der Waals surface area contributed by atoms with Crippen molar-refractivity contribution in [3.8, 4) is 5.75 Å². The molecule has 0 unspecified atom stereocenters. The fourth-order valence-corrected chi connectivity index (χ4v) is 1.37. The molecule has 0 heterocycles. The zero-order valence-corrected chi connectivity index (χ0v) is 11.4. The summed E-state index contributed by atoms with van der Waals surface area (Å²) in [7, 11) is 1.35. The molecule has 0 aliphatic rings. The Morgan fingerprint density at radius 3 is 2.50 bits per heavy atom. The fourth-order valence-electron chi connectivity index (χ4n) is 1.37. The molecule has 0 fully saturated rings. The van der Waals surface area contributed by atoms with Gasteiger partial charge in [0.2, 0.25) is 0 Å². The van der Waals surface area contributed by atoms with Gasteiger partial charge in [0.1, 0.15) is 11.3 Å². The molecule has 1 rings (SSSR count). The largest absolute Gasteiger partial charge is 0.507 e. The highest BCUT2D eigenvalue weighted by molar-refractivity contribution is 5.99. The molecule has 7 nitrogen and oxygen atoms in total. The third kappa shape index (κ3) is 3.98. The van der Waals surface area contributed by atoms with Crippen molar-refractivity contribution < 1.29 is 24.2 Å². The quantitative estimate of drug-likeness (QED) is 0.707. The van der Waals surface area contributed by atoms with Crippen LogP contribution >= 0.6 is 0 Å². The highest BCUT2D eigenvalue weighted by Gasteiger charge is 2.22. The van der Waals surface area contributed by atoms with Gasteiger partial charge in [0, 0.05) is 7.05 Å². The molecule has 3 N–H and O–H groups in total. The second kappa shape index (κ2) is 6.55. The first kappa shape index (κ1) is 15.5. The van der Waals surface area contributed by atoms with Gasteiger partial charge in [-0.15, -0.1) is 0 Å². The van der Waals surface area contributed by atoms with E-state index in [0.717, 1.165) is 5.56 Å². The lowest BCUT2D eigenvalue weighted by Crippen LogP contribution is -2.43. The highest BCUT2D eigenvalue weighted by atomic mass is 16.5. The van der Waals surface area contributed by atoms with Crippen molar-refractivity contribution in [1.82, 2.24) is 10.6 Å². The Morgan fingerprint density at radius 1 is 1.30 bits per heavy atom. The maximum absolute atomic E-state index is 11.8. The molecule has 0 aromatic heterocycles. The molecule has 0 saturated carbocycles. The molecule has 1 aromatic carbocycles. The van der Waals surface area contributed by atoms with Crippen LogP contribution in [0.4, 0.5) is 4.79 Å². The number of imide groups is 1. The van der Waals surface area contributed by atoms with Crippen molar-refractivity contribution in [2.45, 2.75) is 20.0 Å². The number of carbonyl (C=O) groups is 3. The van der Waals surface area contributed by atoms with E-state index in [1.807, 2.05) is 5.32 Å². The number of hydrogen-bond acceptors (Lipinski definition) is 5. The number of hydrogen-bond donors (Lipinski definition) is 3. The van der Waals surface area contributed by atoms with E-state index in [1.165, 1.54) is 26.1 Å². The number of carbonyl (C=O) groups excluding carboxylic acids is 3. The van der Waals surface area contributed by atoms with Crippen LogP contribution in [0.1, 0.15) is 22.8 Å². The topological polar surface area (TPSA) is 105 Å². The van der Waals surface area contributed by atoms with E-state index in [0.29, 0.717) is 0 Å². The smallest absolute Gasteiger partial charge is 0.342 e. The van der Waals surface area contributed by atoms with Crippen LogP contribution in [-0.4, -0.2) is 36.2 Å². The van der Waals surface area contributed by atoms with E-state index in [4.69, 9.17) is 4.74 Å². The third-order valence-electron chi connectivity index (χ3n) is 2.49. The zero-order chi connectivity index (χ0) is 15.3. The molecule has 1 aromatic rings. The predicted molar refractivity (Wildman–Crippen MR) is 70.3 cm³/mol. The molecule has 0 spiro atoms. The van der Waals surface area contributed by atoms with E-state index in [9.17, 15) is 19.5 Å². The van der Waals surface area contributed by atoms with Crippen molar-refractivity contribution in [2.24, 2.45) is 0 Å². The van der Waals surface area contributed by atoms with Gasteiger partial charge in [-0.2, -0.15) is 0 Å². The molecule has 3 amide bonds. The second-order valence-corrected chi connectivity index (χ2v) is 4.14. The first-order chi connectivity index (χ1) is 9.35. The molecule has 0 bridgehead atoms. The van der Waals surface area contributed by atoms with E-state index < -0.39 is 24.0 Å². The van der Waals surface area contributed by atoms with Crippen LogP contribution in [0.15, 0.2) is 18.2 Å². The van der Waals surface area contributed by atoms with Crippen LogP contribution in [-0.2, 0) is 9.53 Å². The lowest BCUT2D eigenvalue weighted by molar-refractivity contribution is -0.127. The van der Waals surface area contributed by atoms with Gasteiger partial charge in [0.05, 0.1) is 0 Å². The number of esters is 1. The molecular formula is C13H16N2O5. The highest BCUT2D eigenvalue weighted by Crippen LogP contribution is 2.19. The molecule has 7 heteroatoms. The van der Waals surface area contributed by atoms with Crippen LogP contribution in [0, 0.1) is 6.92 Å². The van der Waals surface area contributed by atoms with Gasteiger partial charge in [-0.25, -0.2) is 9.59 Å². The lowest BCUT2D eigenvalue weighted by atomic mass is 10.1. The number of nitrogens with one attached hydrogen (secondary N) is 2. The maximum Gasteiger partial charge on any atom is 0.342 e. The SMILES string of the molecule is CNC(=O)NC(=O)[C@@H](C)OC(=O)c1ccc(C)cc1O. The minimum Gasteiger partial charge on any atom is -0.507 e. The summed E-state index contributed by atoms with van der Waals surface area (Å²) in [5.41, 5.74) is 0.736. The van der Waals surface area contributed by atoms with Crippen LogP contribution in [0.25, 0.3) is 0 Å². The Balaban J connectivity index is 2.70. The van der Waals surface area contributed by atoms with E-state index in [2.05, 4.69) is 5.32 Å². The Bertz CT molecular complexity index is 542. The first-order valence-electron chi connectivity index (χ1n) is 5.88. The van der Waals surface area contributed by atoms with Crippen LogP contribution in [0.3, 0.4) is 0 Å². The van der Waals surface area contributed by atoms with Crippen molar-refractivity contribution >= 4 is 17.9 Å². The number of rotatable bonds is 3. The molecule has 1 atom stereocenters. The summed E-state index contributed by atoms with van der Waals surface area (Å²) in [5.74, 6) is -1.83. The van der Waals surface area contributed by atoms with Crippen LogP contribution in [0.5, 0.6) is 5.75 Å². The first-order valence-corrected chi connectivity index (χ1v) is 5.88. The summed E-state index contributed by atoms with van der Waals surface area (Å²) >= 11 is 0. The standard InChI is InChI=1S/C13H16N2O5/c1-7-4-5-9(10(16)6-7)12(18)20-8(2)11(17)15-13(19)14-3/h4-6,8,16H,1-3H3,(H2,14,15,17,19)/t8-/m1/s1. The average Bonchev–Trinajstić information content (AvgIpc) is 2.37. The third-order valence-corrected chi connectivity index (χ3v) is 2.49. The van der Waals surface area contributed by atoms with Crippen molar-refractivity contribution in [1.29, 1.82) is 0 Å². The number of phenolic OH excluding ortho intramolecular Hbond substituents is 1. The van der Waals surface area contributed by atoms with Crippen molar-refractivity contribution in [3.63, 3.8) is 0 Å². The Kier molecular flexibility index (Phi) is 5.08. The number of urea groups is 1. The summed E-state index contributed by atoms with van der Waals surface area (Å²) in [6.07, 6.45) is -1.17. The van der Waals surface area contributed by atoms with Crippen molar-refractivity contribution in [3.05, 3.63) is 29.3 Å². The summed E-state index contributed by atoms with van der Waals surface area (Å²) in [6.45, 7) is 3.08. The van der Waals surface area contributed by atoms with Gasteiger partial charge >= 0.3 is 12.0 Å². The number of benzene rings is 1. The van der Waals surface area contributed by atoms with E-state index in [1.54, 1.807) is 13.0 Å². The molecule has 0 saturated heterocycles. The Labute approximate surface area is 115 Å². The lowest BCUT2D eigenvalue weighted by Gasteiger charge is -2.13. The Morgan fingerprint density at radius 2 is 1.95 bits per heavy atom. The molecule has 0 radical (unpaired) electrons. The maximum atomic E-state index is 11.8. The molecular weight excluding hydrogens is 264 g/mol. The minimum absolute atomic E-state index is 0.0461. The number of ether oxygens (including phenoxy) is 1. The van der Waals surface area contributed by atoms with Gasteiger partial charge in [0.25, 0.3) is 5.91 Å². The van der Waals surface area contributed by atoms with Gasteiger partial charge < -0.3 is 15.2 Å². The minimum atomic E-state index is -1.17. The Hall–Kier alpha value is -2.57. The van der Waals surface area contributed by atoms with Crippen LogP contribution in [0.2, 0.25) is 0 Å². The molecule has 108 valence electrons. The summed E-state index contributed by atoms with van der Waals surface area (Å²) in [5, 5.41) is 13.8. The second-order valence-electron chi connectivity index (χ2n) is 4.14. The summed E-state index contributed by atoms with van der Waals surface area (Å²) < 4.78 is 4.87. The molecule has 20 heavy (non-hydrogen) atoms. The predicted octanol–water partition coefficient (Wildman–Crippen LogP) is 0.702. The molecule has 0 aliphatic heterocycles. The monoisotopic (exact) mass is 280 g/mol. The van der Waals surface area contributed by atoms with Gasteiger partial charge in [-0.05, 0) is 31.5 Å². The summed E-state index contributed by atoms with van der Waals surface area (Å²) in [4.78, 5) is 34.2. The van der Waals surface area contributed by atoms with Crippen molar-refractivity contribution in [2.75, 3.05) is 7.05 Å². The van der Waals surface area contributed by atoms with Gasteiger partial charge in [-0.3, -0.25) is 10.1 Å². The average molecular weight is 280 g/mol. The van der Waals surface area contributed by atoms with Gasteiger partial charge in [-0.1, -0.05) is 6.07 Å². The van der Waals surface area contributed by atoms with E-state index in [-0.39, 0.29) is 11.3 Å². The number of phenols is 1. The molecule has 0 aliphatic carbocycles.